The molecule has 2 saturated heterocycles. The molecule has 1 aliphatic carbocycles. The molecule has 0 amide bonds. The summed E-state index contributed by atoms with van der Waals surface area (Å²) in [7, 11) is 0. The number of hydrogen-bond acceptors (Lipinski definition) is 3. The van der Waals surface area contributed by atoms with E-state index in [9.17, 15) is 4.79 Å². The highest BCUT2D eigenvalue weighted by Gasteiger charge is 2.54. The van der Waals surface area contributed by atoms with Crippen molar-refractivity contribution < 1.29 is 14.3 Å². The van der Waals surface area contributed by atoms with Crippen molar-refractivity contribution >= 4 is 5.97 Å². The Labute approximate surface area is 139 Å². The Morgan fingerprint density at radius 2 is 1.96 bits per heavy atom. The van der Waals surface area contributed by atoms with Gasteiger partial charge < -0.3 is 9.47 Å². The van der Waals surface area contributed by atoms with Crippen molar-refractivity contribution in [1.29, 1.82) is 0 Å². The second-order valence-electron chi connectivity index (χ2n) is 7.61. The van der Waals surface area contributed by atoms with Crippen LogP contribution in [0.2, 0.25) is 0 Å². The van der Waals surface area contributed by atoms with E-state index in [4.69, 9.17) is 9.47 Å². The molecule has 0 unspecified atom stereocenters. The molecule has 3 nitrogen and oxygen atoms in total. The van der Waals surface area contributed by atoms with E-state index in [2.05, 4.69) is 39.5 Å². The number of allylic oxidation sites excluding steroid dienone is 3. The van der Waals surface area contributed by atoms with Crippen LogP contribution in [0.5, 0.6) is 0 Å². The molecule has 0 bridgehead atoms. The fourth-order valence-corrected chi connectivity index (χ4v) is 3.84. The molecule has 0 saturated carbocycles. The van der Waals surface area contributed by atoms with E-state index in [1.165, 1.54) is 11.1 Å². The summed E-state index contributed by atoms with van der Waals surface area (Å²) in [5.74, 6) is -0.130. The van der Waals surface area contributed by atoms with Gasteiger partial charge in [0, 0.05) is 17.9 Å². The van der Waals surface area contributed by atoms with Gasteiger partial charge in [-0.1, -0.05) is 29.9 Å². The lowest BCUT2D eigenvalue weighted by Gasteiger charge is -2.18. The third-order valence-corrected chi connectivity index (χ3v) is 5.61. The molecule has 0 N–H and O–H groups in total. The SMILES string of the molecule is C=C1C(=O)O[C@@H]2CC(C)=CCC/C(C)=C\CC[C@]3(C)O[C@H]3C[C@@H]12. The van der Waals surface area contributed by atoms with Gasteiger partial charge in [0.15, 0.2) is 0 Å². The number of esters is 1. The first-order valence-electron chi connectivity index (χ1n) is 8.78. The Balaban J connectivity index is 1.78. The summed E-state index contributed by atoms with van der Waals surface area (Å²) in [4.78, 5) is 11.9. The van der Waals surface area contributed by atoms with E-state index in [-0.39, 0.29) is 29.7 Å². The third-order valence-electron chi connectivity index (χ3n) is 5.61. The summed E-state index contributed by atoms with van der Waals surface area (Å²) in [6, 6.07) is 0. The lowest BCUT2D eigenvalue weighted by molar-refractivity contribution is -0.139. The average molecular weight is 316 g/mol. The normalized spacial score (nSPS) is 40.9. The number of fused-ring (bicyclic) bond motifs is 2. The number of ether oxygens (including phenoxy) is 2. The van der Waals surface area contributed by atoms with E-state index in [0.717, 1.165) is 38.5 Å². The second kappa shape index (κ2) is 6.27. The number of rotatable bonds is 0. The van der Waals surface area contributed by atoms with E-state index in [1.807, 2.05) is 0 Å². The lowest BCUT2D eigenvalue weighted by Crippen LogP contribution is -2.21. The Kier molecular flexibility index (Phi) is 4.50. The molecule has 2 heterocycles. The molecule has 4 atom stereocenters. The van der Waals surface area contributed by atoms with Crippen molar-refractivity contribution in [1.82, 2.24) is 0 Å². The highest BCUT2D eigenvalue weighted by Crippen LogP contribution is 2.47. The van der Waals surface area contributed by atoms with Crippen LogP contribution in [-0.2, 0) is 14.3 Å². The van der Waals surface area contributed by atoms with Crippen LogP contribution in [0, 0.1) is 5.92 Å². The van der Waals surface area contributed by atoms with Gasteiger partial charge in [0.1, 0.15) is 6.10 Å². The fraction of sp³-hybridized carbons (Fsp3) is 0.650. The summed E-state index contributed by atoms with van der Waals surface area (Å²) >= 11 is 0. The highest BCUT2D eigenvalue weighted by atomic mass is 16.6. The second-order valence-corrected chi connectivity index (χ2v) is 7.61. The maximum absolute atomic E-state index is 11.9. The first-order chi connectivity index (χ1) is 10.9. The molecule has 23 heavy (non-hydrogen) atoms. The molecule has 0 spiro atoms. The van der Waals surface area contributed by atoms with Gasteiger partial charge in [-0.3, -0.25) is 0 Å². The molecular formula is C20H28O3. The van der Waals surface area contributed by atoms with Crippen LogP contribution in [-0.4, -0.2) is 23.8 Å². The van der Waals surface area contributed by atoms with Gasteiger partial charge in [-0.2, -0.15) is 0 Å². The maximum atomic E-state index is 11.9. The molecule has 0 aromatic rings. The molecular weight excluding hydrogens is 288 g/mol. The zero-order chi connectivity index (χ0) is 16.6. The van der Waals surface area contributed by atoms with Crippen LogP contribution in [0.15, 0.2) is 35.5 Å². The minimum atomic E-state index is -0.225. The van der Waals surface area contributed by atoms with Gasteiger partial charge in [0.05, 0.1) is 11.7 Å². The Bertz CT molecular complexity index is 571. The standard InChI is InChI=1S/C20H28O3/c1-13-7-5-8-14(2)11-17-16(15(3)19(21)22-17)12-18-20(4,23-18)10-6-9-13/h8-9,16-18H,3,5-7,10-12H2,1-2,4H3/b13-9-,14-8?/t16-,17+,18-,20-/m0/s1. The van der Waals surface area contributed by atoms with Crippen LogP contribution < -0.4 is 0 Å². The largest absolute Gasteiger partial charge is 0.458 e. The van der Waals surface area contributed by atoms with Crippen molar-refractivity contribution in [2.75, 3.05) is 0 Å². The predicted molar refractivity (Wildman–Crippen MR) is 91.0 cm³/mol. The number of hydrogen-bond donors (Lipinski definition) is 0. The number of carbonyl (C=O) groups is 1. The van der Waals surface area contributed by atoms with E-state index in [1.54, 1.807) is 0 Å². The summed E-state index contributed by atoms with van der Waals surface area (Å²) in [6.45, 7) is 10.5. The average Bonchev–Trinajstić information content (AvgIpc) is 3.04. The smallest absolute Gasteiger partial charge is 0.334 e. The molecule has 3 aliphatic rings. The maximum Gasteiger partial charge on any atom is 0.334 e. The molecule has 2 aliphatic heterocycles. The number of epoxide rings is 1. The summed E-state index contributed by atoms with van der Waals surface area (Å²) in [5.41, 5.74) is 3.34. The third kappa shape index (κ3) is 3.60. The minimum absolute atomic E-state index is 0.0394. The summed E-state index contributed by atoms with van der Waals surface area (Å²) in [6.07, 6.45) is 10.7. The zero-order valence-corrected chi connectivity index (χ0v) is 14.6. The molecule has 0 aromatic carbocycles. The van der Waals surface area contributed by atoms with E-state index in [0.29, 0.717) is 5.57 Å². The van der Waals surface area contributed by atoms with Crippen molar-refractivity contribution in [2.24, 2.45) is 5.92 Å². The Hall–Kier alpha value is -1.35. The van der Waals surface area contributed by atoms with Crippen molar-refractivity contribution in [3.8, 4) is 0 Å². The highest BCUT2D eigenvalue weighted by molar-refractivity contribution is 5.90. The quantitative estimate of drug-likeness (QED) is 0.286. The molecule has 3 rings (SSSR count). The van der Waals surface area contributed by atoms with Crippen LogP contribution >= 0.6 is 0 Å². The Morgan fingerprint density at radius 3 is 2.74 bits per heavy atom. The summed E-state index contributed by atoms with van der Waals surface area (Å²) in [5, 5.41) is 0. The number of carbonyl (C=O) groups excluding carboxylic acids is 1. The van der Waals surface area contributed by atoms with E-state index < -0.39 is 0 Å². The predicted octanol–water partition coefficient (Wildman–Crippen LogP) is 4.49. The molecule has 126 valence electrons. The molecule has 0 aromatic heterocycles. The summed E-state index contributed by atoms with van der Waals surface area (Å²) < 4.78 is 11.6. The van der Waals surface area contributed by atoms with Gasteiger partial charge in [-0.05, 0) is 52.9 Å². The van der Waals surface area contributed by atoms with Crippen LogP contribution in [0.25, 0.3) is 0 Å². The van der Waals surface area contributed by atoms with Crippen molar-refractivity contribution in [2.45, 2.75) is 77.1 Å². The van der Waals surface area contributed by atoms with Gasteiger partial charge in [-0.25, -0.2) is 4.79 Å². The van der Waals surface area contributed by atoms with Gasteiger partial charge in [-0.15, -0.1) is 0 Å². The van der Waals surface area contributed by atoms with Crippen LogP contribution in [0.1, 0.15) is 59.3 Å². The van der Waals surface area contributed by atoms with Gasteiger partial charge in [0.25, 0.3) is 0 Å². The van der Waals surface area contributed by atoms with Crippen LogP contribution in [0.4, 0.5) is 0 Å². The minimum Gasteiger partial charge on any atom is -0.458 e. The lowest BCUT2D eigenvalue weighted by atomic mass is 9.85. The van der Waals surface area contributed by atoms with Crippen molar-refractivity contribution in [3.05, 3.63) is 35.5 Å². The van der Waals surface area contributed by atoms with Crippen LogP contribution in [0.3, 0.4) is 0 Å². The first-order valence-corrected chi connectivity index (χ1v) is 8.78. The van der Waals surface area contributed by atoms with E-state index >= 15 is 0 Å². The molecule has 0 radical (unpaired) electrons. The van der Waals surface area contributed by atoms with Crippen molar-refractivity contribution in [3.63, 3.8) is 0 Å². The van der Waals surface area contributed by atoms with Gasteiger partial charge >= 0.3 is 5.97 Å². The molecule has 3 heteroatoms. The topological polar surface area (TPSA) is 38.8 Å². The fourth-order valence-electron chi connectivity index (χ4n) is 3.84. The first kappa shape index (κ1) is 16.5. The zero-order valence-electron chi connectivity index (χ0n) is 14.6. The van der Waals surface area contributed by atoms with Gasteiger partial charge in [0.2, 0.25) is 0 Å². The molecule has 2 fully saturated rings. The monoisotopic (exact) mass is 316 g/mol. The Morgan fingerprint density at radius 1 is 1.22 bits per heavy atom.